The highest BCUT2D eigenvalue weighted by Gasteiger charge is 2.21. The molecule has 1 atom stereocenters. The third-order valence-corrected chi connectivity index (χ3v) is 4.70. The second-order valence-electron chi connectivity index (χ2n) is 4.18. The minimum Gasteiger partial charge on any atom is -0.239 e. The maximum absolute atomic E-state index is 9.52. The summed E-state index contributed by atoms with van der Waals surface area (Å²) in [6, 6.07) is 11.7. The fourth-order valence-electron chi connectivity index (χ4n) is 1.91. The molecule has 4 nitrogen and oxygen atoms in total. The zero-order chi connectivity index (χ0) is 14.8. The molecule has 0 aliphatic carbocycles. The number of para-hydroxylation sites is 1. The molecule has 0 saturated carbocycles. The predicted octanol–water partition coefficient (Wildman–Crippen LogP) is 4.12. The molecule has 2 aromatic heterocycles. The first-order chi connectivity index (χ1) is 10.2. The first-order valence-electron chi connectivity index (χ1n) is 6.05. The molecule has 0 radical (unpaired) electrons. The maximum Gasteiger partial charge on any atom is 0.188 e. The van der Waals surface area contributed by atoms with E-state index in [1.165, 1.54) is 23.1 Å². The molecule has 0 saturated heterocycles. The van der Waals surface area contributed by atoms with Gasteiger partial charge in [-0.1, -0.05) is 35.5 Å². The predicted molar refractivity (Wildman–Crippen MR) is 85.9 cm³/mol. The van der Waals surface area contributed by atoms with Gasteiger partial charge in [0.15, 0.2) is 5.16 Å². The summed E-state index contributed by atoms with van der Waals surface area (Å²) in [5, 5.41) is 11.1. The number of rotatable bonds is 3. The van der Waals surface area contributed by atoms with Crippen LogP contribution in [0.25, 0.3) is 10.2 Å². The molecule has 0 fully saturated rings. The highest BCUT2D eigenvalue weighted by Crippen LogP contribution is 2.31. The molecular weight excluding hydrogens is 324 g/mol. The molecule has 0 spiro atoms. The molecule has 2 heterocycles. The van der Waals surface area contributed by atoms with Gasteiger partial charge in [-0.25, -0.2) is 15.0 Å². The number of aromatic nitrogens is 3. The maximum atomic E-state index is 9.52. The van der Waals surface area contributed by atoms with E-state index < -0.39 is 5.92 Å². The van der Waals surface area contributed by atoms with Crippen molar-refractivity contribution >= 4 is 44.9 Å². The van der Waals surface area contributed by atoms with E-state index in [9.17, 15) is 5.26 Å². The van der Waals surface area contributed by atoms with E-state index in [-0.39, 0.29) is 0 Å². The van der Waals surface area contributed by atoms with E-state index in [0.29, 0.717) is 16.0 Å². The fraction of sp³-hybridized carbons (Fsp3) is 0.143. The van der Waals surface area contributed by atoms with Crippen molar-refractivity contribution in [2.24, 2.45) is 0 Å². The van der Waals surface area contributed by atoms with Crippen LogP contribution in [0.1, 0.15) is 16.6 Å². The summed E-state index contributed by atoms with van der Waals surface area (Å²) >= 11 is 8.90. The van der Waals surface area contributed by atoms with Crippen molar-refractivity contribution in [1.82, 2.24) is 15.0 Å². The Bertz CT molecular complexity index is 807. The second-order valence-corrected chi connectivity index (χ2v) is 6.41. The number of fused-ring (bicyclic) bond motifs is 1. The van der Waals surface area contributed by atoms with Gasteiger partial charge in [0.25, 0.3) is 0 Å². The summed E-state index contributed by atoms with van der Waals surface area (Å²) in [6.45, 7) is 0. The van der Waals surface area contributed by atoms with Gasteiger partial charge >= 0.3 is 0 Å². The van der Waals surface area contributed by atoms with Crippen molar-refractivity contribution < 1.29 is 0 Å². The number of thiazole rings is 1. The van der Waals surface area contributed by atoms with Crippen molar-refractivity contribution in [3.8, 4) is 6.07 Å². The van der Waals surface area contributed by atoms with E-state index in [4.69, 9.17) is 11.6 Å². The van der Waals surface area contributed by atoms with Crippen LogP contribution in [-0.2, 0) is 0 Å². The van der Waals surface area contributed by atoms with Crippen LogP contribution in [-0.4, -0.2) is 21.2 Å². The van der Waals surface area contributed by atoms with E-state index in [0.717, 1.165) is 15.2 Å². The molecule has 0 amide bonds. The van der Waals surface area contributed by atoms with Crippen LogP contribution in [0.3, 0.4) is 0 Å². The Balaban J connectivity index is 2.09. The summed E-state index contributed by atoms with van der Waals surface area (Å²) < 4.78 is 1.05. The van der Waals surface area contributed by atoms with Gasteiger partial charge in [-0.15, -0.1) is 11.3 Å². The van der Waals surface area contributed by atoms with E-state index >= 15 is 0 Å². The van der Waals surface area contributed by atoms with Gasteiger partial charge in [-0.2, -0.15) is 5.26 Å². The molecule has 1 aromatic carbocycles. The quantitative estimate of drug-likeness (QED) is 0.410. The minimum absolute atomic E-state index is 0.339. The van der Waals surface area contributed by atoms with Crippen molar-refractivity contribution in [1.29, 1.82) is 5.26 Å². The first kappa shape index (κ1) is 14.3. The average Bonchev–Trinajstić information content (AvgIpc) is 2.90. The van der Waals surface area contributed by atoms with Crippen LogP contribution in [0.4, 0.5) is 0 Å². The molecule has 0 aliphatic heterocycles. The largest absolute Gasteiger partial charge is 0.239 e. The fourth-order valence-corrected chi connectivity index (χ4v) is 3.57. The van der Waals surface area contributed by atoms with Crippen molar-refractivity contribution in [2.75, 3.05) is 6.26 Å². The number of benzene rings is 1. The number of thioether (sulfide) groups is 1. The van der Waals surface area contributed by atoms with E-state index in [1.807, 2.05) is 30.5 Å². The summed E-state index contributed by atoms with van der Waals surface area (Å²) in [5.41, 5.74) is 1.48. The van der Waals surface area contributed by atoms with E-state index in [1.54, 1.807) is 6.07 Å². The van der Waals surface area contributed by atoms with E-state index in [2.05, 4.69) is 21.0 Å². The molecule has 0 bridgehead atoms. The van der Waals surface area contributed by atoms with Crippen LogP contribution >= 0.6 is 34.7 Å². The third-order valence-electron chi connectivity index (χ3n) is 2.86. The molecule has 7 heteroatoms. The SMILES string of the molecule is CSc1nc(Cl)cc([C@@H](C#N)c2nc3ccccc3s2)n1. The Morgan fingerprint density at radius 1 is 1.29 bits per heavy atom. The Morgan fingerprint density at radius 3 is 2.81 bits per heavy atom. The number of hydrogen-bond acceptors (Lipinski definition) is 6. The second kappa shape index (κ2) is 5.98. The minimum atomic E-state index is -0.534. The molecule has 3 rings (SSSR count). The third kappa shape index (κ3) is 2.86. The normalized spacial score (nSPS) is 12.2. The lowest BCUT2D eigenvalue weighted by Gasteiger charge is -2.06. The molecule has 21 heavy (non-hydrogen) atoms. The summed E-state index contributed by atoms with van der Waals surface area (Å²) in [4.78, 5) is 13.0. The first-order valence-corrected chi connectivity index (χ1v) is 8.46. The Hall–Kier alpha value is -1.68. The average molecular weight is 333 g/mol. The van der Waals surface area contributed by atoms with Gasteiger partial charge in [-0.3, -0.25) is 0 Å². The lowest BCUT2D eigenvalue weighted by Crippen LogP contribution is -2.03. The topological polar surface area (TPSA) is 62.5 Å². The lowest BCUT2D eigenvalue weighted by molar-refractivity contribution is 0.862. The standard InChI is InChI=1S/C14H9ClN4S2/c1-20-14-18-10(6-12(15)19-14)8(7-16)13-17-9-4-2-3-5-11(9)21-13/h2-6,8H,1H3/t8-/m1/s1. The summed E-state index contributed by atoms with van der Waals surface area (Å²) in [7, 11) is 0. The van der Waals surface area contributed by atoms with Crippen LogP contribution in [0, 0.1) is 11.3 Å². The van der Waals surface area contributed by atoms with Gasteiger partial charge in [-0.05, 0) is 24.5 Å². The molecule has 3 aromatic rings. The molecule has 0 N–H and O–H groups in total. The van der Waals surface area contributed by atoms with Crippen molar-refractivity contribution in [3.05, 3.63) is 46.2 Å². The Kier molecular flexibility index (Phi) is 4.06. The molecule has 0 aliphatic rings. The lowest BCUT2D eigenvalue weighted by atomic mass is 10.1. The molecule has 104 valence electrons. The number of nitrogens with zero attached hydrogens (tertiary/aromatic N) is 4. The Morgan fingerprint density at radius 2 is 2.10 bits per heavy atom. The highest BCUT2D eigenvalue weighted by atomic mass is 35.5. The van der Waals surface area contributed by atoms with Gasteiger partial charge in [0.2, 0.25) is 0 Å². The van der Waals surface area contributed by atoms with Gasteiger partial charge in [0.1, 0.15) is 16.1 Å². The van der Waals surface area contributed by atoms with Crippen molar-refractivity contribution in [3.63, 3.8) is 0 Å². The number of hydrogen-bond donors (Lipinski definition) is 0. The van der Waals surface area contributed by atoms with Gasteiger partial charge in [0.05, 0.1) is 22.0 Å². The number of halogens is 1. The smallest absolute Gasteiger partial charge is 0.188 e. The van der Waals surface area contributed by atoms with Crippen LogP contribution < -0.4 is 0 Å². The summed E-state index contributed by atoms with van der Waals surface area (Å²) in [5.74, 6) is -0.534. The zero-order valence-corrected chi connectivity index (χ0v) is 13.3. The summed E-state index contributed by atoms with van der Waals surface area (Å²) in [6.07, 6.45) is 1.87. The molecular formula is C14H9ClN4S2. The van der Waals surface area contributed by atoms with Crippen LogP contribution in [0.2, 0.25) is 5.15 Å². The van der Waals surface area contributed by atoms with Crippen LogP contribution in [0.5, 0.6) is 0 Å². The van der Waals surface area contributed by atoms with Crippen molar-refractivity contribution in [2.45, 2.75) is 11.1 Å². The van der Waals surface area contributed by atoms with Gasteiger partial charge < -0.3 is 0 Å². The number of nitriles is 1. The van der Waals surface area contributed by atoms with Crippen LogP contribution in [0.15, 0.2) is 35.5 Å². The molecule has 0 unspecified atom stereocenters. The Labute approximate surface area is 134 Å². The van der Waals surface area contributed by atoms with Gasteiger partial charge in [0, 0.05) is 0 Å². The highest BCUT2D eigenvalue weighted by molar-refractivity contribution is 7.98. The monoisotopic (exact) mass is 332 g/mol. The zero-order valence-electron chi connectivity index (χ0n) is 10.9.